The molecule has 1 amide bonds. The standard InChI is InChI=1S/C31H25Cl2N5O3.C24H18Cl2N4O2.Al.3ClH/c1-41-22-10-6-18(7-11-22)17-38-27-13-9-21(32)15-23(27)28(20-14-26-29(34-16-20)37-31(40)36-26)35-25(30(38)39)12-8-19-4-2-3-5-24(19)33;25-16-7-5-14-10-21(31)19(8-6-13-3-1-2-4-18(13)26)28-22(17(14)11-16)15-9-20-23(27-12-15)30-24(32)29-20;;;;/h2-7,9-11,13-16,25H,8,12,17H2,1H3,(H2,34,36,37,40);1-5,7,9,11-12,19H,6,8,10H2,(H2,27,29,30,32);;3*1H/q;;+3;;;/p-3. The number of rotatable bonds is 11. The Morgan fingerprint density at radius 2 is 1.12 bits per heavy atom. The number of aromatic nitrogens is 6. The lowest BCUT2D eigenvalue weighted by atomic mass is 9.95. The number of anilines is 1. The first-order valence-electron chi connectivity index (χ1n) is 23.9. The number of Topliss-reactive ketones (excluding diaryl/α,β-unsaturated/α-hetero) is 1. The molecule has 11 rings (SSSR count). The molecule has 0 spiro atoms. The summed E-state index contributed by atoms with van der Waals surface area (Å²) in [6.45, 7) is 0.325. The summed E-state index contributed by atoms with van der Waals surface area (Å²) in [6.07, 6.45) is 5.72. The fraction of sp³-hybridized carbons (Fsp3) is 0.164. The number of amides is 1. The number of nitrogens with one attached hydrogen (secondary N) is 4. The Bertz CT molecular complexity index is 3840. The molecule has 22 heteroatoms. The molecule has 2 aliphatic heterocycles. The number of halogens is 7. The third-order valence-electron chi connectivity index (χ3n) is 12.8. The fourth-order valence-electron chi connectivity index (χ4n) is 9.08. The zero-order valence-electron chi connectivity index (χ0n) is 40.6. The van der Waals surface area contributed by atoms with Gasteiger partial charge in [0.25, 0.3) is 5.91 Å². The van der Waals surface area contributed by atoms with Crippen LogP contribution in [0.4, 0.5) is 5.69 Å². The van der Waals surface area contributed by atoms with Gasteiger partial charge in [0.05, 0.1) is 41.8 Å². The number of carbonyl (C=O) groups is 2. The average Bonchev–Trinajstić information content (AvgIpc) is 3.92. The molecule has 14 nitrogen and oxygen atoms in total. The third kappa shape index (κ3) is 13.6. The third-order valence-corrected chi connectivity index (χ3v) is 14.0. The first-order valence-corrected chi connectivity index (χ1v) is 30.6. The highest BCUT2D eigenvalue weighted by Gasteiger charge is 2.33. The van der Waals surface area contributed by atoms with Crippen LogP contribution in [0.3, 0.4) is 0 Å². The van der Waals surface area contributed by atoms with Crippen molar-refractivity contribution >= 4 is 139 Å². The van der Waals surface area contributed by atoms with Crippen LogP contribution < -0.4 is 21.0 Å². The topological polar surface area (TPSA) is 194 Å². The van der Waals surface area contributed by atoms with Crippen LogP contribution in [0.5, 0.6) is 5.75 Å². The lowest BCUT2D eigenvalue weighted by Crippen LogP contribution is -2.37. The van der Waals surface area contributed by atoms with Crippen molar-refractivity contribution in [2.45, 2.75) is 50.7 Å². The maximum Gasteiger partial charge on any atom is 0.643 e. The van der Waals surface area contributed by atoms with Gasteiger partial charge in [0.1, 0.15) is 17.8 Å². The molecule has 390 valence electrons. The number of aryl methyl sites for hydroxylation is 2. The van der Waals surface area contributed by atoms with Crippen molar-refractivity contribution in [2.75, 3.05) is 12.0 Å². The number of imidazole rings is 2. The molecule has 5 aromatic carbocycles. The second-order valence-electron chi connectivity index (χ2n) is 17.8. The number of ether oxygens (including phenoxy) is 1. The van der Waals surface area contributed by atoms with Gasteiger partial charge in [0.15, 0.2) is 17.1 Å². The number of benzene rings is 5. The van der Waals surface area contributed by atoms with Gasteiger partial charge in [-0.15, -0.1) is 0 Å². The summed E-state index contributed by atoms with van der Waals surface area (Å²) in [5.74, 6) is 0.632. The normalized spacial score (nSPS) is 15.0. The van der Waals surface area contributed by atoms with E-state index in [4.69, 9.17) is 91.3 Å². The molecule has 0 radical (unpaired) electrons. The van der Waals surface area contributed by atoms with Crippen LogP contribution >= 0.6 is 76.6 Å². The Kier molecular flexibility index (Phi) is 18.1. The number of pyridine rings is 2. The molecular formula is C55H43AlCl7N9O5. The van der Waals surface area contributed by atoms with Crippen molar-refractivity contribution in [2.24, 2.45) is 9.98 Å². The van der Waals surface area contributed by atoms with Crippen LogP contribution in [0.25, 0.3) is 22.3 Å². The van der Waals surface area contributed by atoms with E-state index >= 15 is 0 Å². The van der Waals surface area contributed by atoms with E-state index in [1.165, 1.54) is 0 Å². The number of carbonyl (C=O) groups excluding carboxylic acids is 2. The molecule has 0 saturated heterocycles. The minimum atomic E-state index is -1.72. The summed E-state index contributed by atoms with van der Waals surface area (Å²) in [7, 11) is 16.4. The Morgan fingerprint density at radius 3 is 1.68 bits per heavy atom. The molecule has 6 heterocycles. The number of hydrogen-bond donors (Lipinski definition) is 4. The van der Waals surface area contributed by atoms with Gasteiger partial charge in [0.2, 0.25) is 0 Å². The Morgan fingerprint density at radius 1 is 0.610 bits per heavy atom. The quantitative estimate of drug-likeness (QED) is 0.0925. The molecule has 2 atom stereocenters. The van der Waals surface area contributed by atoms with E-state index in [2.05, 4.69) is 29.9 Å². The van der Waals surface area contributed by atoms with E-state index in [9.17, 15) is 19.2 Å². The number of nitrogens with zero attached hydrogens (tertiary/aromatic N) is 5. The van der Waals surface area contributed by atoms with Gasteiger partial charge in [-0.1, -0.05) is 101 Å². The highest BCUT2D eigenvalue weighted by Crippen LogP contribution is 2.34. The molecule has 4 aromatic heterocycles. The van der Waals surface area contributed by atoms with Crippen LogP contribution in [0.15, 0.2) is 153 Å². The molecule has 9 aromatic rings. The summed E-state index contributed by atoms with van der Waals surface area (Å²) in [5, 5.41) is 2.39. The Hall–Kier alpha value is -6.22. The zero-order chi connectivity index (χ0) is 54.3. The van der Waals surface area contributed by atoms with Gasteiger partial charge in [-0.3, -0.25) is 29.5 Å². The molecule has 0 saturated carbocycles. The summed E-state index contributed by atoms with van der Waals surface area (Å²) in [5.41, 5.74) is 9.77. The molecule has 4 N–H and O–H groups in total. The average molecular weight is 1190 g/mol. The van der Waals surface area contributed by atoms with Crippen molar-refractivity contribution in [1.29, 1.82) is 0 Å². The lowest BCUT2D eigenvalue weighted by Gasteiger charge is -2.26. The summed E-state index contributed by atoms with van der Waals surface area (Å²) >= 11 is 23.8. The number of benzodiazepines with no additional fused rings is 1. The van der Waals surface area contributed by atoms with Gasteiger partial charge < -0.3 is 19.6 Å². The van der Waals surface area contributed by atoms with Gasteiger partial charge >= 0.3 is 22.8 Å². The lowest BCUT2D eigenvalue weighted by molar-refractivity contribution is -0.120. The predicted octanol–water partition coefficient (Wildman–Crippen LogP) is 12.2. The van der Waals surface area contributed by atoms with E-state index in [0.29, 0.717) is 108 Å². The highest BCUT2D eigenvalue weighted by molar-refractivity contribution is 7.54. The molecule has 0 fully saturated rings. The van der Waals surface area contributed by atoms with Gasteiger partial charge in [0, 0.05) is 61.2 Å². The largest absolute Gasteiger partial charge is 0.643 e. The fourth-order valence-corrected chi connectivity index (χ4v) is 9.88. The van der Waals surface area contributed by atoms with Crippen LogP contribution in [-0.2, 0) is 35.4 Å². The maximum absolute atomic E-state index is 14.3. The molecule has 2 aliphatic rings. The SMILES string of the molecule is COc1ccc(CN2C(=O)C(CCc3ccccc3Cl)N=C(c3cnc4[nH]c(=O)[nH]c4c3)c3cc(Cl)ccc32)cc1.O=C1Cc2ccc(Cl)cc2C(c2cnc3[nH]c(=O)[nH]c3c2)=NC1CCc1ccccc1Cl.[Cl][Al]([Cl])[Cl]. The first-order chi connectivity index (χ1) is 37.1. The minimum Gasteiger partial charge on any atom is -0.497 e. The summed E-state index contributed by atoms with van der Waals surface area (Å²) in [6, 6.07) is 36.1. The summed E-state index contributed by atoms with van der Waals surface area (Å²) < 4.78 is 5.31. The second kappa shape index (κ2) is 25.1. The van der Waals surface area contributed by atoms with Crippen LogP contribution in [-0.4, -0.2) is 83.6 Å². The van der Waals surface area contributed by atoms with E-state index in [-0.39, 0.29) is 29.5 Å². The van der Waals surface area contributed by atoms with E-state index < -0.39 is 23.5 Å². The maximum atomic E-state index is 14.3. The molecular weight excluding hydrogens is 1140 g/mol. The Labute approximate surface area is 477 Å². The number of H-pyrrole nitrogens is 4. The van der Waals surface area contributed by atoms with Crippen molar-refractivity contribution in [1.82, 2.24) is 29.9 Å². The van der Waals surface area contributed by atoms with Crippen molar-refractivity contribution in [3.8, 4) is 5.75 Å². The number of methoxy groups -OCH3 is 1. The first kappa shape index (κ1) is 55.5. The predicted molar refractivity (Wildman–Crippen MR) is 311 cm³/mol. The number of aliphatic imine (C=N–C) groups is 2. The van der Waals surface area contributed by atoms with Gasteiger partial charge in [-0.2, -0.15) is 0 Å². The molecule has 2 unspecified atom stereocenters. The number of hydrogen-bond acceptors (Lipinski definition) is 9. The van der Waals surface area contributed by atoms with Gasteiger partial charge in [-0.25, -0.2) is 49.7 Å². The van der Waals surface area contributed by atoms with Crippen molar-refractivity contribution in [3.05, 3.63) is 219 Å². The number of fused-ring (bicyclic) bond motifs is 4. The van der Waals surface area contributed by atoms with Crippen LogP contribution in [0, 0.1) is 0 Å². The van der Waals surface area contributed by atoms with Crippen molar-refractivity contribution < 1.29 is 14.3 Å². The Balaban J connectivity index is 0.000000180. The van der Waals surface area contributed by atoms with Crippen LogP contribution in [0.1, 0.15) is 57.3 Å². The van der Waals surface area contributed by atoms with Crippen molar-refractivity contribution in [3.63, 3.8) is 0 Å². The van der Waals surface area contributed by atoms with Gasteiger partial charge in [-0.05, 0) is 115 Å². The number of aromatic amines is 4. The van der Waals surface area contributed by atoms with E-state index in [0.717, 1.165) is 33.6 Å². The number of ketones is 1. The minimum absolute atomic E-state index is 0.0414. The molecule has 0 aliphatic carbocycles. The highest BCUT2D eigenvalue weighted by atomic mass is 35.8. The molecule has 77 heavy (non-hydrogen) atoms. The second-order valence-corrected chi connectivity index (χ2v) is 25.9. The zero-order valence-corrected chi connectivity index (χ0v) is 47.0. The molecule has 0 bridgehead atoms. The van der Waals surface area contributed by atoms with E-state index in [1.807, 2.05) is 103 Å². The van der Waals surface area contributed by atoms with E-state index in [1.54, 1.807) is 42.6 Å². The monoisotopic (exact) mass is 1180 g/mol. The smallest absolute Gasteiger partial charge is 0.497 e. The summed E-state index contributed by atoms with van der Waals surface area (Å²) in [4.78, 5) is 82.2. The van der Waals surface area contributed by atoms with Crippen LogP contribution in [0.2, 0.25) is 20.1 Å².